The van der Waals surface area contributed by atoms with E-state index in [0.29, 0.717) is 11.5 Å². The van der Waals surface area contributed by atoms with E-state index in [0.717, 1.165) is 22.3 Å². The van der Waals surface area contributed by atoms with Gasteiger partial charge in [0.15, 0.2) is 0 Å². The van der Waals surface area contributed by atoms with Crippen LogP contribution in [0.5, 0.6) is 11.5 Å². The summed E-state index contributed by atoms with van der Waals surface area (Å²) in [4.78, 5) is 0. The van der Waals surface area contributed by atoms with Crippen molar-refractivity contribution in [1.82, 2.24) is 0 Å². The van der Waals surface area contributed by atoms with Crippen molar-refractivity contribution in [3.63, 3.8) is 0 Å². The van der Waals surface area contributed by atoms with Crippen molar-refractivity contribution >= 4 is 9.24 Å². The molecule has 2 N–H and O–H groups in total. The molecule has 0 radical (unpaired) electrons. The number of phenolic OH excluding ortho intramolecular Hbond substituents is 2. The van der Waals surface area contributed by atoms with Crippen LogP contribution in [0.15, 0.2) is 24.3 Å². The Morgan fingerprint density at radius 3 is 0.909 bits per heavy atom. The summed E-state index contributed by atoms with van der Waals surface area (Å²) in [5.41, 5.74) is 5.29. The monoisotopic (exact) mass is 470 g/mol. The number of rotatable bonds is 2. The average molecular weight is 471 g/mol. The van der Waals surface area contributed by atoms with E-state index in [1.54, 1.807) is 0 Å². The fourth-order valence-electron chi connectivity index (χ4n) is 4.22. The summed E-state index contributed by atoms with van der Waals surface area (Å²) < 4.78 is 0. The summed E-state index contributed by atoms with van der Waals surface area (Å²) >= 11 is 0. The first-order valence-electron chi connectivity index (χ1n) is 12.0. The predicted molar refractivity (Wildman–Crippen MR) is 147 cm³/mol. The van der Waals surface area contributed by atoms with Crippen LogP contribution in [0.3, 0.4) is 0 Å². The van der Waals surface area contributed by atoms with Gasteiger partial charge in [-0.25, -0.2) is 0 Å². The van der Waals surface area contributed by atoms with Gasteiger partial charge >= 0.3 is 0 Å². The van der Waals surface area contributed by atoms with E-state index in [4.69, 9.17) is 0 Å². The molecule has 184 valence electrons. The van der Waals surface area contributed by atoms with E-state index in [9.17, 15) is 10.2 Å². The van der Waals surface area contributed by atoms with E-state index in [2.05, 4.69) is 124 Å². The molecule has 0 bridgehead atoms. The topological polar surface area (TPSA) is 40.5 Å². The number of hydrogen-bond donors (Lipinski definition) is 2. The van der Waals surface area contributed by atoms with E-state index in [1.165, 1.54) is 11.1 Å². The smallest absolute Gasteiger partial charge is 0.123 e. The molecule has 0 aromatic heterocycles. The van der Waals surface area contributed by atoms with E-state index < -0.39 is 5.16 Å². The molecule has 0 aliphatic carbocycles. The first-order valence-corrected chi connectivity index (χ1v) is 12.6. The molecule has 33 heavy (non-hydrogen) atoms. The number of benzene rings is 2. The molecule has 0 saturated heterocycles. The maximum absolute atomic E-state index is 11.6. The minimum atomic E-state index is -0.684. The van der Waals surface area contributed by atoms with Crippen LogP contribution in [0, 0.1) is 0 Å². The van der Waals surface area contributed by atoms with Crippen LogP contribution in [-0.2, 0) is 26.8 Å². The number of phenols is 2. The maximum atomic E-state index is 11.6. The number of aromatic hydroxyl groups is 2. The van der Waals surface area contributed by atoms with Gasteiger partial charge in [0.1, 0.15) is 11.5 Å². The Bertz CT molecular complexity index is 950. The fraction of sp³-hybridized carbons (Fsp3) is 0.600. The van der Waals surface area contributed by atoms with E-state index >= 15 is 0 Å². The molecule has 3 heteroatoms. The molecular formula is C30H47O2P. The van der Waals surface area contributed by atoms with Crippen molar-refractivity contribution in [3.8, 4) is 11.5 Å². The third-order valence-corrected chi connectivity index (χ3v) is 7.31. The van der Waals surface area contributed by atoms with E-state index in [1.807, 2.05) is 0 Å². The van der Waals surface area contributed by atoms with Gasteiger partial charge in [-0.3, -0.25) is 0 Å². The summed E-state index contributed by atoms with van der Waals surface area (Å²) in [7, 11) is 2.95. The predicted octanol–water partition coefficient (Wildman–Crippen LogP) is 8.43. The van der Waals surface area contributed by atoms with Gasteiger partial charge in [0.25, 0.3) is 0 Å². The summed E-state index contributed by atoms with van der Waals surface area (Å²) in [5.74, 6) is 0.622. The van der Waals surface area contributed by atoms with Crippen molar-refractivity contribution in [2.75, 3.05) is 0 Å². The van der Waals surface area contributed by atoms with Crippen molar-refractivity contribution in [2.45, 2.75) is 117 Å². The standard InChI is InChI=1S/C30H47O2P/c1-26(2,3)18-14-20(28(7,8)9)24(31)22(16-18)30(13,33)23-17-19(27(4,5)6)15-21(25(23)32)29(10,11)12/h14-17,31-32H,33H2,1-13H3. The van der Waals surface area contributed by atoms with Crippen LogP contribution >= 0.6 is 9.24 Å². The zero-order chi connectivity index (χ0) is 25.9. The molecule has 0 aliphatic rings. The van der Waals surface area contributed by atoms with Crippen LogP contribution in [0.4, 0.5) is 0 Å². The van der Waals surface area contributed by atoms with Crippen molar-refractivity contribution < 1.29 is 10.2 Å². The Balaban J connectivity index is 3.00. The highest BCUT2D eigenvalue weighted by Gasteiger charge is 2.37. The Kier molecular flexibility index (Phi) is 6.97. The van der Waals surface area contributed by atoms with Gasteiger partial charge in [-0.2, -0.15) is 0 Å². The van der Waals surface area contributed by atoms with Gasteiger partial charge in [0.05, 0.1) is 0 Å². The second-order valence-corrected chi connectivity index (χ2v) is 15.2. The average Bonchev–Trinajstić information content (AvgIpc) is 2.57. The lowest BCUT2D eigenvalue weighted by atomic mass is 9.74. The van der Waals surface area contributed by atoms with Gasteiger partial charge in [-0.1, -0.05) is 107 Å². The van der Waals surface area contributed by atoms with Crippen molar-refractivity contribution in [3.05, 3.63) is 57.6 Å². The van der Waals surface area contributed by atoms with Gasteiger partial charge in [0, 0.05) is 16.3 Å². The Labute approximate surface area is 205 Å². The second-order valence-electron chi connectivity index (χ2n) is 14.0. The molecule has 1 unspecified atom stereocenters. The lowest BCUT2D eigenvalue weighted by molar-refractivity contribution is 0.424. The molecule has 0 aliphatic heterocycles. The molecular weight excluding hydrogens is 423 g/mol. The molecule has 0 amide bonds. The zero-order valence-electron chi connectivity index (χ0n) is 23.3. The molecule has 2 aromatic carbocycles. The van der Waals surface area contributed by atoms with Gasteiger partial charge in [0.2, 0.25) is 0 Å². The van der Waals surface area contributed by atoms with Gasteiger partial charge < -0.3 is 10.2 Å². The molecule has 1 atom stereocenters. The summed E-state index contributed by atoms with van der Waals surface area (Å²) in [6.07, 6.45) is 0. The quantitative estimate of drug-likeness (QED) is 0.432. The molecule has 2 rings (SSSR count). The maximum Gasteiger partial charge on any atom is 0.123 e. The molecule has 0 saturated carbocycles. The number of hydrogen-bond acceptors (Lipinski definition) is 2. The highest BCUT2D eigenvalue weighted by Crippen LogP contribution is 2.52. The van der Waals surface area contributed by atoms with E-state index in [-0.39, 0.29) is 21.7 Å². The second kappa shape index (κ2) is 8.30. The van der Waals surface area contributed by atoms with Crippen LogP contribution < -0.4 is 0 Å². The minimum absolute atomic E-state index is 0.0743. The first-order chi connectivity index (χ1) is 14.5. The van der Waals surface area contributed by atoms with Crippen molar-refractivity contribution in [2.24, 2.45) is 0 Å². The molecule has 0 heterocycles. The summed E-state index contributed by atoms with van der Waals surface area (Å²) in [6, 6.07) is 8.53. The zero-order valence-corrected chi connectivity index (χ0v) is 24.4. The third kappa shape index (κ3) is 5.59. The van der Waals surface area contributed by atoms with Crippen LogP contribution in [0.2, 0.25) is 0 Å². The minimum Gasteiger partial charge on any atom is -0.507 e. The molecule has 2 nitrogen and oxygen atoms in total. The Hall–Kier alpha value is -1.53. The van der Waals surface area contributed by atoms with Gasteiger partial charge in [-0.15, -0.1) is 9.24 Å². The lowest BCUT2D eigenvalue weighted by Gasteiger charge is -2.36. The summed E-state index contributed by atoms with van der Waals surface area (Å²) in [6.45, 7) is 28.1. The fourth-order valence-corrected chi connectivity index (χ4v) is 4.66. The SMILES string of the molecule is CC(C)(C)c1cc(C(C)(C)C)c(O)c(C(C)(P)c2cc(C(C)(C)C)cc(C(C)(C)C)c2O)c1. The lowest BCUT2D eigenvalue weighted by Crippen LogP contribution is -2.24. The Morgan fingerprint density at radius 1 is 0.455 bits per heavy atom. The molecule has 2 aromatic rings. The van der Waals surface area contributed by atoms with Crippen LogP contribution in [0.1, 0.15) is 123 Å². The normalized spacial score (nSPS) is 14.0. The van der Waals surface area contributed by atoms with Crippen molar-refractivity contribution in [1.29, 1.82) is 0 Å². The highest BCUT2D eigenvalue weighted by molar-refractivity contribution is 7.19. The highest BCUT2D eigenvalue weighted by atomic mass is 31.0. The molecule has 0 fully saturated rings. The Morgan fingerprint density at radius 2 is 0.697 bits per heavy atom. The third-order valence-electron chi connectivity index (χ3n) is 6.69. The van der Waals surface area contributed by atoms with Crippen LogP contribution in [-0.4, -0.2) is 10.2 Å². The van der Waals surface area contributed by atoms with Crippen LogP contribution in [0.25, 0.3) is 0 Å². The molecule has 0 spiro atoms. The summed E-state index contributed by atoms with van der Waals surface area (Å²) in [5, 5.41) is 22.4. The largest absolute Gasteiger partial charge is 0.507 e. The first kappa shape index (κ1) is 27.7. The van der Waals surface area contributed by atoms with Gasteiger partial charge in [-0.05, 0) is 50.8 Å².